The van der Waals surface area contributed by atoms with Crippen LogP contribution in [0.3, 0.4) is 0 Å². The summed E-state index contributed by atoms with van der Waals surface area (Å²) < 4.78 is 11.4. The van der Waals surface area contributed by atoms with Gasteiger partial charge in [-0.15, -0.1) is 0 Å². The number of benzene rings is 2. The lowest BCUT2D eigenvalue weighted by Crippen LogP contribution is -2.50. The number of carbonyl (C=O) groups excluding carboxylic acids is 2. The van der Waals surface area contributed by atoms with Crippen molar-refractivity contribution in [3.8, 4) is 5.75 Å². The molecule has 4 rings (SSSR count). The van der Waals surface area contributed by atoms with Gasteiger partial charge in [0.2, 0.25) is 0 Å². The van der Waals surface area contributed by atoms with Crippen LogP contribution in [-0.2, 0) is 11.3 Å². The van der Waals surface area contributed by atoms with Gasteiger partial charge < -0.3 is 19.4 Å². The number of fused-ring (bicyclic) bond motifs is 1. The molecule has 1 aliphatic rings. The second-order valence-electron chi connectivity index (χ2n) is 8.79. The molecule has 7 heteroatoms. The van der Waals surface area contributed by atoms with Crippen LogP contribution < -0.4 is 4.74 Å². The highest BCUT2D eigenvalue weighted by Crippen LogP contribution is 2.28. The van der Waals surface area contributed by atoms with E-state index >= 15 is 0 Å². The Kier molecular flexibility index (Phi) is 7.85. The molecule has 0 aliphatic carbocycles. The molecule has 180 valence electrons. The molecule has 1 fully saturated rings. The zero-order chi connectivity index (χ0) is 23.9. The van der Waals surface area contributed by atoms with Gasteiger partial charge in [0.1, 0.15) is 12.4 Å². The van der Waals surface area contributed by atoms with Gasteiger partial charge in [0.15, 0.2) is 5.78 Å². The molecule has 1 amide bonds. The number of piperazine rings is 1. The summed E-state index contributed by atoms with van der Waals surface area (Å²) in [5, 5.41) is 1.04. The summed E-state index contributed by atoms with van der Waals surface area (Å²) in [6, 6.07) is 13.5. The second-order valence-corrected chi connectivity index (χ2v) is 8.79. The molecule has 0 saturated carbocycles. The van der Waals surface area contributed by atoms with Crippen LogP contribution >= 0.6 is 0 Å². The lowest BCUT2D eigenvalue weighted by molar-refractivity contribution is 0.0677. The Balaban J connectivity index is 1.34. The van der Waals surface area contributed by atoms with E-state index in [1.807, 2.05) is 55.6 Å². The van der Waals surface area contributed by atoms with E-state index in [2.05, 4.69) is 16.8 Å². The smallest absolute Gasteiger partial charge is 0.410 e. The molecule has 3 aromatic rings. The van der Waals surface area contributed by atoms with Crippen molar-refractivity contribution in [2.75, 3.05) is 39.3 Å². The molecule has 0 atom stereocenters. The fourth-order valence-corrected chi connectivity index (χ4v) is 4.14. The third-order valence-electron chi connectivity index (χ3n) is 6.25. The average Bonchev–Trinajstić information content (AvgIpc) is 3.22. The molecule has 7 nitrogen and oxygen atoms in total. The van der Waals surface area contributed by atoms with Crippen LogP contribution in [0.4, 0.5) is 4.79 Å². The average molecular weight is 464 g/mol. The number of ether oxygens (including phenoxy) is 2. The van der Waals surface area contributed by atoms with Crippen molar-refractivity contribution in [1.82, 2.24) is 14.8 Å². The fourth-order valence-electron chi connectivity index (χ4n) is 4.14. The molecule has 1 aromatic heterocycles. The van der Waals surface area contributed by atoms with Gasteiger partial charge in [0, 0.05) is 49.3 Å². The first-order valence-electron chi connectivity index (χ1n) is 12.0. The summed E-state index contributed by atoms with van der Waals surface area (Å²) in [5.41, 5.74) is 3.66. The van der Waals surface area contributed by atoms with Crippen molar-refractivity contribution < 1.29 is 19.1 Å². The number of ketones is 1. The fraction of sp³-hybridized carbons (Fsp3) is 0.407. The van der Waals surface area contributed by atoms with E-state index in [4.69, 9.17) is 9.47 Å². The van der Waals surface area contributed by atoms with E-state index in [1.54, 1.807) is 4.90 Å². The number of Topliss-reactive ketones (excluding diaryl/α,β-unsaturated/α-hetero) is 1. The Bertz CT molecular complexity index is 1120. The molecule has 1 aliphatic heterocycles. The number of hydrogen-bond donors (Lipinski definition) is 1. The number of aromatic amines is 1. The van der Waals surface area contributed by atoms with Gasteiger partial charge in [-0.25, -0.2) is 4.79 Å². The predicted molar refractivity (Wildman–Crippen MR) is 132 cm³/mol. The molecular formula is C27H33N3O4. The maximum atomic E-state index is 13.3. The molecule has 0 unspecified atom stereocenters. The lowest BCUT2D eigenvalue weighted by Gasteiger charge is -2.33. The highest BCUT2D eigenvalue weighted by Gasteiger charge is 2.25. The number of hydrogen-bond acceptors (Lipinski definition) is 5. The molecule has 34 heavy (non-hydrogen) atoms. The number of nitrogens with zero attached hydrogens (tertiary/aromatic N) is 2. The van der Waals surface area contributed by atoms with E-state index < -0.39 is 0 Å². The van der Waals surface area contributed by atoms with Crippen LogP contribution in [0.15, 0.2) is 48.7 Å². The van der Waals surface area contributed by atoms with Crippen molar-refractivity contribution in [2.24, 2.45) is 0 Å². The summed E-state index contributed by atoms with van der Waals surface area (Å²) in [5.74, 6) is 0.671. The van der Waals surface area contributed by atoms with Crippen LogP contribution in [0.25, 0.3) is 10.9 Å². The van der Waals surface area contributed by atoms with E-state index in [1.165, 1.54) is 0 Å². The Labute approximate surface area is 200 Å². The van der Waals surface area contributed by atoms with Crippen LogP contribution in [0.1, 0.15) is 41.3 Å². The van der Waals surface area contributed by atoms with Gasteiger partial charge in [0.05, 0.1) is 18.7 Å². The van der Waals surface area contributed by atoms with Gasteiger partial charge >= 0.3 is 6.09 Å². The van der Waals surface area contributed by atoms with Gasteiger partial charge in [-0.3, -0.25) is 9.69 Å². The number of H-pyrrole nitrogens is 1. The maximum absolute atomic E-state index is 13.3. The predicted octanol–water partition coefficient (Wildman–Crippen LogP) is 4.79. The van der Waals surface area contributed by atoms with E-state index in [-0.39, 0.29) is 18.5 Å². The van der Waals surface area contributed by atoms with Crippen LogP contribution in [0, 0.1) is 6.92 Å². The molecule has 1 N–H and O–H groups in total. The molecule has 2 aromatic carbocycles. The molecule has 2 heterocycles. The highest BCUT2D eigenvalue weighted by atomic mass is 16.6. The lowest BCUT2D eigenvalue weighted by atomic mass is 10.0. The third kappa shape index (κ3) is 5.78. The van der Waals surface area contributed by atoms with Gasteiger partial charge in [-0.1, -0.05) is 43.7 Å². The summed E-state index contributed by atoms with van der Waals surface area (Å²) in [4.78, 5) is 32.8. The first-order chi connectivity index (χ1) is 16.5. The summed E-state index contributed by atoms with van der Waals surface area (Å²) in [6.07, 6.45) is 3.61. The number of unbranched alkanes of at least 4 members (excludes halogenated alkanes) is 1. The second kappa shape index (κ2) is 11.2. The summed E-state index contributed by atoms with van der Waals surface area (Å²) in [6.45, 7) is 7.63. The zero-order valence-electron chi connectivity index (χ0n) is 20.0. The third-order valence-corrected chi connectivity index (χ3v) is 6.25. The van der Waals surface area contributed by atoms with Crippen molar-refractivity contribution in [3.05, 3.63) is 65.4 Å². The molecule has 0 bridgehead atoms. The monoisotopic (exact) mass is 463 g/mol. The number of aryl methyl sites for hydroxylation is 1. The maximum Gasteiger partial charge on any atom is 0.410 e. The van der Waals surface area contributed by atoms with E-state index in [0.29, 0.717) is 50.6 Å². The Morgan fingerprint density at radius 2 is 1.82 bits per heavy atom. The van der Waals surface area contributed by atoms with Gasteiger partial charge in [0.25, 0.3) is 0 Å². The molecule has 0 spiro atoms. The molecular weight excluding hydrogens is 430 g/mol. The number of nitrogens with one attached hydrogen (secondary N) is 1. The van der Waals surface area contributed by atoms with Crippen LogP contribution in [-0.4, -0.2) is 66.0 Å². The SMILES string of the molecule is CCCCOc1cc2[nH]cc(C)c2cc1C(=O)CN1CCN(C(=O)OCc2ccccc2)CC1. The number of aromatic nitrogens is 1. The first-order valence-corrected chi connectivity index (χ1v) is 12.0. The Morgan fingerprint density at radius 1 is 1.06 bits per heavy atom. The standard InChI is InChI=1S/C27H33N3O4/c1-3-4-14-33-26-16-24-22(20(2)17-28-24)15-23(26)25(31)18-29-10-12-30(13-11-29)27(32)34-19-21-8-6-5-7-9-21/h5-9,15-17,28H,3-4,10-14,18-19H2,1-2H3. The van der Waals surface area contributed by atoms with Crippen LogP contribution in [0.5, 0.6) is 5.75 Å². The van der Waals surface area contributed by atoms with E-state index in [9.17, 15) is 9.59 Å². The first kappa shape index (κ1) is 23.8. The van der Waals surface area contributed by atoms with Crippen molar-refractivity contribution in [3.63, 3.8) is 0 Å². The zero-order valence-corrected chi connectivity index (χ0v) is 20.0. The topological polar surface area (TPSA) is 74.9 Å². The van der Waals surface area contributed by atoms with Crippen LogP contribution in [0.2, 0.25) is 0 Å². The number of carbonyl (C=O) groups is 2. The van der Waals surface area contributed by atoms with Gasteiger partial charge in [-0.05, 0) is 30.5 Å². The number of amides is 1. The minimum absolute atomic E-state index is 0.0362. The minimum Gasteiger partial charge on any atom is -0.493 e. The highest BCUT2D eigenvalue weighted by molar-refractivity contribution is 6.04. The molecule has 0 radical (unpaired) electrons. The van der Waals surface area contributed by atoms with Crippen molar-refractivity contribution >= 4 is 22.8 Å². The minimum atomic E-state index is -0.310. The Morgan fingerprint density at radius 3 is 2.56 bits per heavy atom. The largest absolute Gasteiger partial charge is 0.493 e. The normalized spacial score (nSPS) is 14.4. The van der Waals surface area contributed by atoms with Crippen molar-refractivity contribution in [1.29, 1.82) is 0 Å². The summed E-state index contributed by atoms with van der Waals surface area (Å²) >= 11 is 0. The Hall–Kier alpha value is -3.32. The van der Waals surface area contributed by atoms with Crippen molar-refractivity contribution in [2.45, 2.75) is 33.3 Å². The molecule has 1 saturated heterocycles. The van der Waals surface area contributed by atoms with E-state index in [0.717, 1.165) is 34.9 Å². The number of rotatable bonds is 9. The van der Waals surface area contributed by atoms with Gasteiger partial charge in [-0.2, -0.15) is 0 Å². The quantitative estimate of drug-likeness (QED) is 0.365. The summed E-state index contributed by atoms with van der Waals surface area (Å²) in [7, 11) is 0.